The van der Waals surface area contributed by atoms with E-state index in [2.05, 4.69) is 0 Å². The molecule has 0 atom stereocenters. The predicted molar refractivity (Wildman–Crippen MR) is 69.8 cm³/mol. The van der Waals surface area contributed by atoms with Crippen LogP contribution in [0.3, 0.4) is 0 Å². The predicted octanol–water partition coefficient (Wildman–Crippen LogP) is 0.780. The minimum Gasteiger partial charge on any atom is -0.342 e. The van der Waals surface area contributed by atoms with Crippen molar-refractivity contribution in [3.05, 3.63) is 35.9 Å². The zero-order valence-electron chi connectivity index (χ0n) is 11.2. The minimum absolute atomic E-state index is 0.0824. The fourth-order valence-electron chi connectivity index (χ4n) is 2.53. The van der Waals surface area contributed by atoms with Gasteiger partial charge in [-0.1, -0.05) is 30.3 Å². The summed E-state index contributed by atoms with van der Waals surface area (Å²) in [6.07, 6.45) is 0. The summed E-state index contributed by atoms with van der Waals surface area (Å²) in [5.41, 5.74) is 0.813. The summed E-state index contributed by atoms with van der Waals surface area (Å²) in [7, 11) is 1.60. The fraction of sp³-hybridized carbons (Fsp3) is 0.429. The van der Waals surface area contributed by atoms with Crippen molar-refractivity contribution in [3.63, 3.8) is 0 Å². The van der Waals surface area contributed by atoms with E-state index < -0.39 is 5.79 Å². The number of amides is 3. The van der Waals surface area contributed by atoms with Crippen LogP contribution in [0.1, 0.15) is 5.56 Å². The van der Waals surface area contributed by atoms with Gasteiger partial charge in [0.25, 0.3) is 0 Å². The third-order valence-electron chi connectivity index (χ3n) is 3.56. The molecule has 0 aliphatic carbocycles. The van der Waals surface area contributed by atoms with Gasteiger partial charge in [-0.3, -0.25) is 9.69 Å². The van der Waals surface area contributed by atoms with E-state index in [9.17, 15) is 9.59 Å². The molecule has 0 bridgehead atoms. The lowest BCUT2D eigenvalue weighted by Gasteiger charge is -2.31. The summed E-state index contributed by atoms with van der Waals surface area (Å²) in [4.78, 5) is 26.5. The van der Waals surface area contributed by atoms with E-state index in [4.69, 9.17) is 9.47 Å². The maximum absolute atomic E-state index is 12.0. The second kappa shape index (κ2) is 4.88. The van der Waals surface area contributed by atoms with E-state index in [1.54, 1.807) is 7.05 Å². The third-order valence-corrected chi connectivity index (χ3v) is 3.56. The summed E-state index contributed by atoms with van der Waals surface area (Å²) in [6.45, 7) is 1.07. The smallest absolute Gasteiger partial charge is 0.327 e. The van der Waals surface area contributed by atoms with Gasteiger partial charge in [0.2, 0.25) is 11.7 Å². The molecule has 1 aromatic rings. The van der Waals surface area contributed by atoms with Gasteiger partial charge >= 0.3 is 6.03 Å². The molecule has 0 unspecified atom stereocenters. The quantitative estimate of drug-likeness (QED) is 0.766. The summed E-state index contributed by atoms with van der Waals surface area (Å²) in [5, 5.41) is 0. The second-order valence-electron chi connectivity index (χ2n) is 4.93. The molecule has 2 fully saturated rings. The normalized spacial score (nSPS) is 21.9. The van der Waals surface area contributed by atoms with Crippen LogP contribution < -0.4 is 0 Å². The SMILES string of the molecule is CN1CC(=O)N(CC2(c3ccccc3)OCCO2)C1=O. The number of hydrogen-bond acceptors (Lipinski definition) is 4. The minimum atomic E-state index is -1.04. The number of carbonyl (C=O) groups is 2. The molecule has 6 nitrogen and oxygen atoms in total. The topological polar surface area (TPSA) is 59.1 Å². The monoisotopic (exact) mass is 276 g/mol. The molecule has 0 spiro atoms. The van der Waals surface area contributed by atoms with E-state index in [0.29, 0.717) is 13.2 Å². The van der Waals surface area contributed by atoms with E-state index in [1.165, 1.54) is 9.80 Å². The van der Waals surface area contributed by atoms with Crippen LogP contribution in [0.2, 0.25) is 0 Å². The zero-order chi connectivity index (χ0) is 14.2. The van der Waals surface area contributed by atoms with Crippen LogP contribution in [-0.2, 0) is 20.1 Å². The number of benzene rings is 1. The highest BCUT2D eigenvalue weighted by molar-refractivity contribution is 6.01. The third kappa shape index (κ3) is 2.07. The average Bonchev–Trinajstić information content (AvgIpc) is 3.02. The summed E-state index contributed by atoms with van der Waals surface area (Å²) >= 11 is 0. The Balaban J connectivity index is 1.89. The van der Waals surface area contributed by atoms with Crippen molar-refractivity contribution in [3.8, 4) is 0 Å². The molecule has 3 amide bonds. The summed E-state index contributed by atoms with van der Waals surface area (Å²) < 4.78 is 11.5. The Morgan fingerprint density at radius 1 is 1.15 bits per heavy atom. The first-order chi connectivity index (χ1) is 9.62. The lowest BCUT2D eigenvalue weighted by atomic mass is 10.1. The summed E-state index contributed by atoms with van der Waals surface area (Å²) in [6, 6.07) is 9.08. The van der Waals surface area contributed by atoms with Gasteiger partial charge < -0.3 is 14.4 Å². The zero-order valence-corrected chi connectivity index (χ0v) is 11.2. The van der Waals surface area contributed by atoms with Gasteiger partial charge in [-0.2, -0.15) is 0 Å². The van der Waals surface area contributed by atoms with Crippen LogP contribution in [0.15, 0.2) is 30.3 Å². The van der Waals surface area contributed by atoms with Crippen molar-refractivity contribution in [2.75, 3.05) is 33.4 Å². The molecular formula is C14H16N2O4. The van der Waals surface area contributed by atoms with Gasteiger partial charge in [0.1, 0.15) is 6.54 Å². The summed E-state index contributed by atoms with van der Waals surface area (Å²) in [5.74, 6) is -1.27. The molecule has 20 heavy (non-hydrogen) atoms. The highest BCUT2D eigenvalue weighted by Gasteiger charge is 2.45. The van der Waals surface area contributed by atoms with Crippen LogP contribution in [0.5, 0.6) is 0 Å². The van der Waals surface area contributed by atoms with Crippen LogP contribution in [0, 0.1) is 0 Å². The number of carbonyl (C=O) groups excluding carboxylic acids is 2. The highest BCUT2D eigenvalue weighted by atomic mass is 16.7. The van der Waals surface area contributed by atoms with E-state index in [0.717, 1.165) is 5.56 Å². The van der Waals surface area contributed by atoms with Crippen molar-refractivity contribution < 1.29 is 19.1 Å². The molecule has 0 saturated carbocycles. The molecule has 0 N–H and O–H groups in total. The van der Waals surface area contributed by atoms with E-state index >= 15 is 0 Å². The molecule has 0 aromatic heterocycles. The lowest BCUT2D eigenvalue weighted by Crippen LogP contribution is -2.45. The maximum Gasteiger partial charge on any atom is 0.327 e. The highest BCUT2D eigenvalue weighted by Crippen LogP contribution is 2.33. The van der Waals surface area contributed by atoms with Crippen LogP contribution in [0.4, 0.5) is 4.79 Å². The number of rotatable bonds is 3. The molecular weight excluding hydrogens is 260 g/mol. The van der Waals surface area contributed by atoms with Crippen molar-refractivity contribution in [1.29, 1.82) is 0 Å². The van der Waals surface area contributed by atoms with Gasteiger partial charge in [-0.25, -0.2) is 4.79 Å². The van der Waals surface area contributed by atoms with E-state index in [1.807, 2.05) is 30.3 Å². The maximum atomic E-state index is 12.0. The Hall–Kier alpha value is -1.92. The Bertz CT molecular complexity index is 525. The Morgan fingerprint density at radius 2 is 1.80 bits per heavy atom. The van der Waals surface area contributed by atoms with E-state index in [-0.39, 0.29) is 25.0 Å². The van der Waals surface area contributed by atoms with Gasteiger partial charge in [-0.05, 0) is 0 Å². The number of urea groups is 1. The van der Waals surface area contributed by atoms with Crippen molar-refractivity contribution in [2.45, 2.75) is 5.79 Å². The molecule has 6 heteroatoms. The Morgan fingerprint density at radius 3 is 2.35 bits per heavy atom. The second-order valence-corrected chi connectivity index (χ2v) is 4.93. The fourth-order valence-corrected chi connectivity index (χ4v) is 2.53. The first-order valence-electron chi connectivity index (χ1n) is 6.51. The number of likely N-dealkylation sites (N-methyl/N-ethyl adjacent to an activating group) is 1. The van der Waals surface area contributed by atoms with Gasteiger partial charge in [0.05, 0.1) is 19.8 Å². The molecule has 3 rings (SSSR count). The average molecular weight is 276 g/mol. The largest absolute Gasteiger partial charge is 0.342 e. The number of hydrogen-bond donors (Lipinski definition) is 0. The number of imide groups is 1. The van der Waals surface area contributed by atoms with Crippen molar-refractivity contribution in [2.24, 2.45) is 0 Å². The lowest BCUT2D eigenvalue weighted by molar-refractivity contribution is -0.177. The molecule has 1 aromatic carbocycles. The molecule has 106 valence electrons. The molecule has 2 saturated heterocycles. The molecule has 2 heterocycles. The molecule has 2 aliphatic heterocycles. The van der Waals surface area contributed by atoms with Crippen LogP contribution in [0.25, 0.3) is 0 Å². The van der Waals surface area contributed by atoms with Crippen molar-refractivity contribution in [1.82, 2.24) is 9.80 Å². The first kappa shape index (κ1) is 13.1. The van der Waals surface area contributed by atoms with Crippen molar-refractivity contribution >= 4 is 11.9 Å². The molecule has 0 radical (unpaired) electrons. The molecule has 2 aliphatic rings. The van der Waals surface area contributed by atoms with Crippen LogP contribution >= 0.6 is 0 Å². The number of nitrogens with zero attached hydrogens (tertiary/aromatic N) is 2. The van der Waals surface area contributed by atoms with Gasteiger partial charge in [0, 0.05) is 12.6 Å². The number of ether oxygens (including phenoxy) is 2. The Labute approximate surface area is 116 Å². The van der Waals surface area contributed by atoms with Gasteiger partial charge in [-0.15, -0.1) is 0 Å². The van der Waals surface area contributed by atoms with Crippen LogP contribution in [-0.4, -0.2) is 55.1 Å². The standard InChI is InChI=1S/C14H16N2O4/c1-15-9-12(17)16(13(15)18)10-14(19-7-8-20-14)11-5-3-2-4-6-11/h2-6H,7-10H2,1H3. The Kier molecular flexibility index (Phi) is 3.19. The first-order valence-corrected chi connectivity index (χ1v) is 6.51. The van der Waals surface area contributed by atoms with Gasteiger partial charge in [0.15, 0.2) is 0 Å².